The van der Waals surface area contributed by atoms with Crippen LogP contribution in [-0.2, 0) is 9.47 Å². The first-order chi connectivity index (χ1) is 11.0. The predicted octanol–water partition coefficient (Wildman–Crippen LogP) is 4.38. The Bertz CT molecular complexity index is 410. The van der Waals surface area contributed by atoms with Crippen molar-refractivity contribution in [2.45, 2.75) is 77.6 Å². The summed E-state index contributed by atoms with van der Waals surface area (Å²) in [4.78, 5) is 2.49. The van der Waals surface area contributed by atoms with E-state index in [0.29, 0.717) is 5.41 Å². The molecule has 2 aliphatic heterocycles. The summed E-state index contributed by atoms with van der Waals surface area (Å²) < 4.78 is 12.6. The molecule has 1 saturated carbocycles. The van der Waals surface area contributed by atoms with E-state index in [1.54, 1.807) is 0 Å². The summed E-state index contributed by atoms with van der Waals surface area (Å²) in [5, 5.41) is 0. The number of rotatable bonds is 5. The van der Waals surface area contributed by atoms with Crippen LogP contribution in [-0.4, -0.2) is 43.0 Å². The van der Waals surface area contributed by atoms with Crippen LogP contribution < -0.4 is 0 Å². The Hall–Kier alpha value is -0.380. The summed E-state index contributed by atoms with van der Waals surface area (Å²) >= 11 is 0. The standard InChI is InChI=1S/C20H35NO2/c1-4-10-19(2,3)17-8-11-20(12-9-17)22-16-18(23-20)15-21-13-6-5-7-14-21/h5-6,17-18H,4,7-16H2,1-3H3. The van der Waals surface area contributed by atoms with Gasteiger partial charge in [0, 0.05) is 32.5 Å². The zero-order valence-electron chi connectivity index (χ0n) is 15.4. The van der Waals surface area contributed by atoms with E-state index in [2.05, 4.69) is 37.8 Å². The summed E-state index contributed by atoms with van der Waals surface area (Å²) in [6.07, 6.45) is 13.3. The molecule has 3 aliphatic rings. The molecule has 0 amide bonds. The van der Waals surface area contributed by atoms with Crippen LogP contribution in [0.15, 0.2) is 12.2 Å². The zero-order chi connectivity index (χ0) is 16.3. The Morgan fingerprint density at radius 2 is 2.00 bits per heavy atom. The molecule has 1 atom stereocenters. The molecule has 0 aromatic rings. The van der Waals surface area contributed by atoms with Gasteiger partial charge in [-0.15, -0.1) is 0 Å². The van der Waals surface area contributed by atoms with Gasteiger partial charge in [0.2, 0.25) is 0 Å². The van der Waals surface area contributed by atoms with E-state index >= 15 is 0 Å². The van der Waals surface area contributed by atoms with Crippen molar-refractivity contribution in [3.05, 3.63) is 12.2 Å². The summed E-state index contributed by atoms with van der Waals surface area (Å²) in [6.45, 7) is 11.2. The minimum absolute atomic E-state index is 0.255. The number of nitrogens with zero attached hydrogens (tertiary/aromatic N) is 1. The Kier molecular flexibility index (Phi) is 5.49. The molecule has 132 valence electrons. The van der Waals surface area contributed by atoms with Crippen LogP contribution in [0.25, 0.3) is 0 Å². The maximum atomic E-state index is 6.43. The lowest BCUT2D eigenvalue weighted by Crippen LogP contribution is -2.41. The third kappa shape index (κ3) is 4.18. The van der Waals surface area contributed by atoms with Gasteiger partial charge >= 0.3 is 0 Å². The lowest BCUT2D eigenvalue weighted by Gasteiger charge is -2.42. The fourth-order valence-electron chi connectivity index (χ4n) is 4.80. The van der Waals surface area contributed by atoms with Gasteiger partial charge in [0.25, 0.3) is 0 Å². The largest absolute Gasteiger partial charge is 0.347 e. The number of hydrogen-bond acceptors (Lipinski definition) is 3. The molecule has 0 bridgehead atoms. The zero-order valence-corrected chi connectivity index (χ0v) is 15.4. The van der Waals surface area contributed by atoms with E-state index in [1.807, 2.05) is 0 Å². The van der Waals surface area contributed by atoms with E-state index in [0.717, 1.165) is 45.0 Å². The normalized spacial score (nSPS) is 36.0. The average molecular weight is 322 g/mol. The van der Waals surface area contributed by atoms with Crippen LogP contribution in [0.2, 0.25) is 0 Å². The molecule has 0 aromatic heterocycles. The van der Waals surface area contributed by atoms with Crippen molar-refractivity contribution in [1.82, 2.24) is 4.90 Å². The van der Waals surface area contributed by atoms with Crippen LogP contribution in [0.3, 0.4) is 0 Å². The second kappa shape index (κ2) is 7.25. The topological polar surface area (TPSA) is 21.7 Å². The molecule has 0 radical (unpaired) electrons. The van der Waals surface area contributed by atoms with E-state index in [1.165, 1.54) is 32.1 Å². The molecule has 0 aromatic carbocycles. The maximum Gasteiger partial charge on any atom is 0.168 e. The highest BCUT2D eigenvalue weighted by Gasteiger charge is 2.46. The Morgan fingerprint density at radius 1 is 1.22 bits per heavy atom. The molecule has 1 aliphatic carbocycles. The fourth-order valence-corrected chi connectivity index (χ4v) is 4.80. The first-order valence-electron chi connectivity index (χ1n) is 9.72. The first-order valence-corrected chi connectivity index (χ1v) is 9.72. The van der Waals surface area contributed by atoms with Gasteiger partial charge < -0.3 is 9.47 Å². The third-order valence-electron chi connectivity index (χ3n) is 6.26. The molecule has 3 nitrogen and oxygen atoms in total. The smallest absolute Gasteiger partial charge is 0.168 e. The van der Waals surface area contributed by atoms with E-state index < -0.39 is 0 Å². The molecule has 23 heavy (non-hydrogen) atoms. The van der Waals surface area contributed by atoms with Crippen LogP contribution >= 0.6 is 0 Å². The van der Waals surface area contributed by atoms with Crippen LogP contribution in [0.4, 0.5) is 0 Å². The highest BCUT2D eigenvalue weighted by atomic mass is 16.7. The van der Waals surface area contributed by atoms with Crippen LogP contribution in [0, 0.1) is 11.3 Å². The van der Waals surface area contributed by atoms with Crippen LogP contribution in [0.5, 0.6) is 0 Å². The number of ether oxygens (including phenoxy) is 2. The van der Waals surface area contributed by atoms with Gasteiger partial charge in [-0.2, -0.15) is 0 Å². The molecule has 1 spiro atoms. The van der Waals surface area contributed by atoms with Gasteiger partial charge in [0.1, 0.15) is 0 Å². The van der Waals surface area contributed by atoms with Crippen molar-refractivity contribution in [2.24, 2.45) is 11.3 Å². The van der Waals surface area contributed by atoms with Crippen molar-refractivity contribution in [1.29, 1.82) is 0 Å². The second-order valence-electron chi connectivity index (χ2n) is 8.49. The van der Waals surface area contributed by atoms with Gasteiger partial charge in [0.05, 0.1) is 12.7 Å². The minimum Gasteiger partial charge on any atom is -0.347 e. The molecule has 3 heteroatoms. The first kappa shape index (κ1) is 17.4. The molecule has 2 fully saturated rings. The molecule has 2 heterocycles. The predicted molar refractivity (Wildman–Crippen MR) is 94.4 cm³/mol. The van der Waals surface area contributed by atoms with Crippen molar-refractivity contribution in [3.8, 4) is 0 Å². The van der Waals surface area contributed by atoms with Crippen molar-refractivity contribution < 1.29 is 9.47 Å². The Labute approximate surface area is 142 Å². The van der Waals surface area contributed by atoms with Gasteiger partial charge in [-0.05, 0) is 37.0 Å². The maximum absolute atomic E-state index is 6.43. The second-order valence-corrected chi connectivity index (χ2v) is 8.49. The van der Waals surface area contributed by atoms with Gasteiger partial charge in [-0.25, -0.2) is 0 Å². The SMILES string of the molecule is CCCC(C)(C)C1CCC2(CC1)OCC(CN1CC=CCC1)O2. The van der Waals surface area contributed by atoms with Crippen molar-refractivity contribution in [3.63, 3.8) is 0 Å². The molecular weight excluding hydrogens is 286 g/mol. The third-order valence-corrected chi connectivity index (χ3v) is 6.26. The monoisotopic (exact) mass is 321 g/mol. The average Bonchev–Trinajstić information content (AvgIpc) is 2.91. The molecular formula is C20H35NO2. The van der Waals surface area contributed by atoms with Gasteiger partial charge in [-0.3, -0.25) is 4.90 Å². The van der Waals surface area contributed by atoms with Crippen molar-refractivity contribution in [2.75, 3.05) is 26.2 Å². The molecule has 1 saturated heterocycles. The Balaban J connectivity index is 1.48. The summed E-state index contributed by atoms with van der Waals surface area (Å²) in [6, 6.07) is 0. The summed E-state index contributed by atoms with van der Waals surface area (Å²) in [5.41, 5.74) is 0.467. The Morgan fingerprint density at radius 3 is 2.65 bits per heavy atom. The van der Waals surface area contributed by atoms with Gasteiger partial charge in [-0.1, -0.05) is 39.3 Å². The lowest BCUT2D eigenvalue weighted by atomic mass is 9.68. The van der Waals surface area contributed by atoms with E-state index in [4.69, 9.17) is 9.47 Å². The quantitative estimate of drug-likeness (QED) is 0.702. The molecule has 1 unspecified atom stereocenters. The van der Waals surface area contributed by atoms with Crippen molar-refractivity contribution >= 4 is 0 Å². The minimum atomic E-state index is -0.255. The highest BCUT2D eigenvalue weighted by Crippen LogP contribution is 2.47. The summed E-state index contributed by atoms with van der Waals surface area (Å²) in [7, 11) is 0. The number of hydrogen-bond donors (Lipinski definition) is 0. The molecule has 3 rings (SSSR count). The summed E-state index contributed by atoms with van der Waals surface area (Å²) in [5.74, 6) is 0.571. The van der Waals surface area contributed by atoms with E-state index in [9.17, 15) is 0 Å². The van der Waals surface area contributed by atoms with E-state index in [-0.39, 0.29) is 11.9 Å². The fraction of sp³-hybridized carbons (Fsp3) is 0.900. The molecule has 0 N–H and O–H groups in total. The highest BCUT2D eigenvalue weighted by molar-refractivity contribution is 4.93. The lowest BCUT2D eigenvalue weighted by molar-refractivity contribution is -0.198. The van der Waals surface area contributed by atoms with Gasteiger partial charge in [0.15, 0.2) is 5.79 Å². The van der Waals surface area contributed by atoms with Crippen LogP contribution in [0.1, 0.15) is 65.7 Å².